The Morgan fingerprint density at radius 3 is 2.55 bits per heavy atom. The standard InChI is InChI=1S/C22H32N2O6S/c1-15-6-4-5-7-19(15)23-21(25)17(3)30-22(26)18-9-8-16(2)20(14-18)31(27,28)24-10-12-29-13-11-24/h8-9,14-15,17,19H,4-7,10-13H2,1-3H3,(H,23,25)/t15-,17+,19-/m0/s1. The second-order valence-electron chi connectivity index (χ2n) is 8.42. The first-order valence-corrected chi connectivity index (χ1v) is 12.3. The van der Waals surface area contributed by atoms with Crippen LogP contribution in [0.15, 0.2) is 23.1 Å². The third-order valence-corrected chi connectivity index (χ3v) is 8.14. The molecule has 3 atom stereocenters. The summed E-state index contributed by atoms with van der Waals surface area (Å²) in [6.45, 7) is 6.55. The van der Waals surface area contributed by atoms with Gasteiger partial charge in [-0.05, 0) is 50.3 Å². The van der Waals surface area contributed by atoms with Crippen LogP contribution in [-0.4, -0.2) is 63.0 Å². The van der Waals surface area contributed by atoms with Crippen LogP contribution in [0.5, 0.6) is 0 Å². The molecule has 2 fully saturated rings. The van der Waals surface area contributed by atoms with Gasteiger partial charge in [0.25, 0.3) is 5.91 Å². The Hall–Kier alpha value is -1.97. The predicted octanol–water partition coefficient (Wildman–Crippen LogP) is 2.26. The topological polar surface area (TPSA) is 102 Å². The highest BCUT2D eigenvalue weighted by Gasteiger charge is 2.30. The largest absolute Gasteiger partial charge is 0.449 e. The summed E-state index contributed by atoms with van der Waals surface area (Å²) in [6, 6.07) is 4.52. The minimum absolute atomic E-state index is 0.0667. The maximum atomic E-state index is 13.0. The third-order valence-electron chi connectivity index (χ3n) is 6.10. The zero-order chi connectivity index (χ0) is 22.6. The summed E-state index contributed by atoms with van der Waals surface area (Å²) >= 11 is 0. The third kappa shape index (κ3) is 5.64. The molecule has 0 spiro atoms. The van der Waals surface area contributed by atoms with Crippen LogP contribution in [0.4, 0.5) is 0 Å². The number of aryl methyl sites for hydroxylation is 1. The summed E-state index contributed by atoms with van der Waals surface area (Å²) in [5, 5.41) is 2.98. The number of carbonyl (C=O) groups is 2. The molecule has 1 aromatic carbocycles. The molecule has 0 unspecified atom stereocenters. The molecule has 1 heterocycles. The van der Waals surface area contributed by atoms with Gasteiger partial charge in [0.2, 0.25) is 10.0 Å². The van der Waals surface area contributed by atoms with E-state index in [1.165, 1.54) is 29.8 Å². The fraction of sp³-hybridized carbons (Fsp3) is 0.636. The number of ether oxygens (including phenoxy) is 2. The normalized spacial score (nSPS) is 23.7. The zero-order valence-electron chi connectivity index (χ0n) is 18.4. The molecule has 0 radical (unpaired) electrons. The van der Waals surface area contributed by atoms with E-state index in [9.17, 15) is 18.0 Å². The Morgan fingerprint density at radius 2 is 1.87 bits per heavy atom. The van der Waals surface area contributed by atoms with Gasteiger partial charge in [-0.3, -0.25) is 4.79 Å². The lowest BCUT2D eigenvalue weighted by atomic mass is 9.86. The van der Waals surface area contributed by atoms with E-state index >= 15 is 0 Å². The van der Waals surface area contributed by atoms with E-state index in [1.807, 2.05) is 0 Å². The first kappa shape index (κ1) is 23.7. The Balaban J connectivity index is 1.68. The monoisotopic (exact) mass is 452 g/mol. The first-order valence-electron chi connectivity index (χ1n) is 10.9. The molecule has 0 aromatic heterocycles. The van der Waals surface area contributed by atoms with Gasteiger partial charge < -0.3 is 14.8 Å². The smallest absolute Gasteiger partial charge is 0.338 e. The van der Waals surface area contributed by atoms with Crippen molar-refractivity contribution in [2.75, 3.05) is 26.3 Å². The second-order valence-corrected chi connectivity index (χ2v) is 10.3. The number of rotatable bonds is 6. The number of carbonyl (C=O) groups excluding carboxylic acids is 2. The molecule has 2 aliphatic rings. The summed E-state index contributed by atoms with van der Waals surface area (Å²) in [7, 11) is -3.75. The SMILES string of the molecule is Cc1ccc(C(=O)O[C@H](C)C(=O)N[C@H]2CCCC[C@@H]2C)cc1S(=O)(=O)N1CCOCC1. The van der Waals surface area contributed by atoms with Crippen molar-refractivity contribution < 1.29 is 27.5 Å². The van der Waals surface area contributed by atoms with Gasteiger partial charge >= 0.3 is 5.97 Å². The number of hydrogen-bond acceptors (Lipinski definition) is 6. The molecule has 172 valence electrons. The van der Waals surface area contributed by atoms with E-state index in [1.54, 1.807) is 13.0 Å². The van der Waals surface area contributed by atoms with Crippen LogP contribution in [0.1, 0.15) is 55.5 Å². The van der Waals surface area contributed by atoms with Gasteiger partial charge in [-0.25, -0.2) is 13.2 Å². The van der Waals surface area contributed by atoms with E-state index < -0.39 is 22.1 Å². The van der Waals surface area contributed by atoms with Gasteiger partial charge in [-0.1, -0.05) is 25.8 Å². The number of amides is 1. The molecule has 1 aliphatic carbocycles. The van der Waals surface area contributed by atoms with Crippen molar-refractivity contribution >= 4 is 21.9 Å². The van der Waals surface area contributed by atoms with Gasteiger partial charge in [0, 0.05) is 19.1 Å². The van der Waals surface area contributed by atoms with Gasteiger partial charge in [-0.2, -0.15) is 4.31 Å². The van der Waals surface area contributed by atoms with Gasteiger partial charge in [-0.15, -0.1) is 0 Å². The lowest BCUT2D eigenvalue weighted by Gasteiger charge is -2.30. The zero-order valence-corrected chi connectivity index (χ0v) is 19.2. The van der Waals surface area contributed by atoms with E-state index in [4.69, 9.17) is 9.47 Å². The molecule has 8 nitrogen and oxygen atoms in total. The predicted molar refractivity (Wildman–Crippen MR) is 115 cm³/mol. The van der Waals surface area contributed by atoms with Gasteiger partial charge in [0.1, 0.15) is 0 Å². The number of esters is 1. The minimum Gasteiger partial charge on any atom is -0.449 e. The molecule has 1 aromatic rings. The highest BCUT2D eigenvalue weighted by molar-refractivity contribution is 7.89. The van der Waals surface area contributed by atoms with Crippen molar-refractivity contribution in [1.29, 1.82) is 0 Å². The first-order chi connectivity index (χ1) is 14.7. The van der Waals surface area contributed by atoms with Crippen LogP contribution in [-0.2, 0) is 24.3 Å². The molecular formula is C22H32N2O6S. The molecule has 1 amide bonds. The van der Waals surface area contributed by atoms with Crippen LogP contribution in [0, 0.1) is 12.8 Å². The molecule has 1 aliphatic heterocycles. The average Bonchev–Trinajstić information content (AvgIpc) is 2.76. The fourth-order valence-electron chi connectivity index (χ4n) is 4.04. The summed E-state index contributed by atoms with van der Waals surface area (Å²) in [5.41, 5.74) is 0.642. The van der Waals surface area contributed by atoms with E-state index in [-0.39, 0.29) is 35.5 Å². The maximum absolute atomic E-state index is 13.0. The number of hydrogen-bond donors (Lipinski definition) is 1. The molecule has 31 heavy (non-hydrogen) atoms. The molecule has 1 N–H and O–H groups in total. The Labute approximate surface area is 184 Å². The number of nitrogens with zero attached hydrogens (tertiary/aromatic N) is 1. The minimum atomic E-state index is -3.75. The number of morpholine rings is 1. The van der Waals surface area contributed by atoms with E-state index in [2.05, 4.69) is 12.2 Å². The van der Waals surface area contributed by atoms with Crippen LogP contribution in [0.25, 0.3) is 0 Å². The van der Waals surface area contributed by atoms with Crippen LogP contribution in [0.2, 0.25) is 0 Å². The fourth-order valence-corrected chi connectivity index (χ4v) is 5.70. The molecular weight excluding hydrogens is 420 g/mol. The Bertz CT molecular complexity index is 911. The summed E-state index contributed by atoms with van der Waals surface area (Å²) in [5.74, 6) is -0.663. The van der Waals surface area contributed by atoms with Crippen molar-refractivity contribution in [2.45, 2.75) is 63.5 Å². The molecule has 1 saturated carbocycles. The quantitative estimate of drug-likeness (QED) is 0.665. The van der Waals surface area contributed by atoms with Crippen molar-refractivity contribution in [3.05, 3.63) is 29.3 Å². The summed E-state index contributed by atoms with van der Waals surface area (Å²) < 4.78 is 38.0. The van der Waals surface area contributed by atoms with Crippen molar-refractivity contribution in [2.24, 2.45) is 5.92 Å². The molecule has 1 saturated heterocycles. The summed E-state index contributed by atoms with van der Waals surface area (Å²) in [6.07, 6.45) is 3.27. The van der Waals surface area contributed by atoms with Crippen molar-refractivity contribution in [3.8, 4) is 0 Å². The number of sulfonamides is 1. The van der Waals surface area contributed by atoms with Gasteiger partial charge in [0.05, 0.1) is 23.7 Å². The lowest BCUT2D eigenvalue weighted by Crippen LogP contribution is -2.46. The van der Waals surface area contributed by atoms with Crippen LogP contribution in [0.3, 0.4) is 0 Å². The van der Waals surface area contributed by atoms with Crippen molar-refractivity contribution in [3.63, 3.8) is 0 Å². The van der Waals surface area contributed by atoms with Crippen LogP contribution < -0.4 is 5.32 Å². The molecule has 0 bridgehead atoms. The maximum Gasteiger partial charge on any atom is 0.338 e. The Morgan fingerprint density at radius 1 is 1.19 bits per heavy atom. The van der Waals surface area contributed by atoms with Crippen LogP contribution >= 0.6 is 0 Å². The Kier molecular flexibility index (Phi) is 7.72. The highest BCUT2D eigenvalue weighted by atomic mass is 32.2. The highest BCUT2D eigenvalue weighted by Crippen LogP contribution is 2.25. The molecule has 3 rings (SSSR count). The molecule has 9 heteroatoms. The van der Waals surface area contributed by atoms with E-state index in [0.29, 0.717) is 24.7 Å². The summed E-state index contributed by atoms with van der Waals surface area (Å²) in [4.78, 5) is 25.2. The lowest BCUT2D eigenvalue weighted by molar-refractivity contribution is -0.130. The second kappa shape index (κ2) is 10.1. The van der Waals surface area contributed by atoms with Gasteiger partial charge in [0.15, 0.2) is 6.10 Å². The average molecular weight is 453 g/mol. The van der Waals surface area contributed by atoms with E-state index in [0.717, 1.165) is 19.3 Å². The number of nitrogens with one attached hydrogen (secondary N) is 1. The number of benzene rings is 1. The van der Waals surface area contributed by atoms with Crippen molar-refractivity contribution in [1.82, 2.24) is 9.62 Å².